The second-order valence-corrected chi connectivity index (χ2v) is 12.6. The Balaban J connectivity index is 1.49. The lowest BCUT2D eigenvalue weighted by molar-refractivity contribution is -0.141. The van der Waals surface area contributed by atoms with Crippen LogP contribution in [0.5, 0.6) is 5.75 Å². The van der Waals surface area contributed by atoms with Crippen LogP contribution in [0.1, 0.15) is 29.9 Å². The van der Waals surface area contributed by atoms with Crippen molar-refractivity contribution in [2.45, 2.75) is 35.1 Å². The van der Waals surface area contributed by atoms with Gasteiger partial charge in [0.2, 0.25) is 11.8 Å². The summed E-state index contributed by atoms with van der Waals surface area (Å²) in [5.74, 6) is -5.02. The number of allylic oxidation sites excluding steroid dienone is 2. The molecule has 6 atom stereocenters. The molecule has 11 heteroatoms. The van der Waals surface area contributed by atoms with Crippen molar-refractivity contribution in [2.75, 3.05) is 5.45 Å². The molecule has 202 valence electrons. The predicted molar refractivity (Wildman–Crippen MR) is 148 cm³/mol. The van der Waals surface area contributed by atoms with Gasteiger partial charge in [-0.3, -0.25) is 29.0 Å². The van der Waals surface area contributed by atoms with Crippen LogP contribution in [0, 0.1) is 17.8 Å². The first-order valence-electron chi connectivity index (χ1n) is 12.4. The summed E-state index contributed by atoms with van der Waals surface area (Å²) in [7, 11) is 0. The van der Waals surface area contributed by atoms with Gasteiger partial charge in [-0.25, -0.2) is 0 Å². The summed E-state index contributed by atoms with van der Waals surface area (Å²) in [6.07, 6.45) is 2.03. The Bertz CT molecular complexity index is 1470. The molecule has 0 aromatic heterocycles. The van der Waals surface area contributed by atoms with Gasteiger partial charge in [0.05, 0.1) is 23.8 Å². The minimum atomic E-state index is -1.94. The number of nitrogens with zero attached hydrogens (tertiary/aromatic N) is 2. The number of halogens is 4. The van der Waals surface area contributed by atoms with E-state index in [0.717, 1.165) is 10.5 Å². The van der Waals surface area contributed by atoms with Crippen LogP contribution in [-0.2, 0) is 25.7 Å². The van der Waals surface area contributed by atoms with E-state index in [-0.39, 0.29) is 47.4 Å². The normalized spacial score (nSPS) is 33.7. The number of phenolic OH excluding ortho intramolecular Hbond substituents is 1. The molecule has 0 radical (unpaired) electrons. The molecule has 39 heavy (non-hydrogen) atoms. The highest BCUT2D eigenvalue weighted by Gasteiger charge is 2.76. The maximum atomic E-state index is 13.9. The van der Waals surface area contributed by atoms with Crippen LogP contribution in [0.4, 0.5) is 0 Å². The monoisotopic (exact) mass is 650 g/mol. The number of benzene rings is 2. The van der Waals surface area contributed by atoms with E-state index in [0.29, 0.717) is 11.1 Å². The number of carbonyl (C=O) groups is 4. The van der Waals surface area contributed by atoms with Crippen molar-refractivity contribution in [1.29, 1.82) is 0 Å². The van der Waals surface area contributed by atoms with E-state index < -0.39 is 45.2 Å². The molecule has 2 heterocycles. The number of carbonyl (C=O) groups excluding carboxylic acids is 4. The quantitative estimate of drug-likeness (QED) is 0.218. The third-order valence-electron chi connectivity index (χ3n) is 8.58. The van der Waals surface area contributed by atoms with E-state index >= 15 is 0 Å². The Hall–Kier alpha value is -2.39. The Morgan fingerprint density at radius 3 is 2.33 bits per heavy atom. The van der Waals surface area contributed by atoms with E-state index in [1.807, 2.05) is 36.4 Å². The Morgan fingerprint density at radius 1 is 0.949 bits per heavy atom. The first-order valence-corrected chi connectivity index (χ1v) is 14.7. The van der Waals surface area contributed by atoms with Gasteiger partial charge in [0, 0.05) is 10.9 Å². The SMILES string of the molecule is O=C1C2CC=C3C(CC4(Cl)C(=O)N(CBr)C(=O)C4(Cl)C3c3ccc(O)cc3Cl)C2C(=O)N1Cc1ccccc1. The zero-order valence-electron chi connectivity index (χ0n) is 20.3. The molecule has 3 fully saturated rings. The summed E-state index contributed by atoms with van der Waals surface area (Å²) in [5.41, 5.74) is 1.76. The zero-order valence-corrected chi connectivity index (χ0v) is 24.2. The molecule has 2 aromatic carbocycles. The second-order valence-electron chi connectivity index (χ2n) is 10.4. The van der Waals surface area contributed by atoms with Crippen molar-refractivity contribution in [1.82, 2.24) is 9.80 Å². The minimum absolute atomic E-state index is 0.0846. The van der Waals surface area contributed by atoms with E-state index in [9.17, 15) is 24.3 Å². The highest BCUT2D eigenvalue weighted by Crippen LogP contribution is 2.66. The van der Waals surface area contributed by atoms with Gasteiger partial charge < -0.3 is 5.11 Å². The molecule has 2 aliphatic heterocycles. The number of amides is 4. The lowest BCUT2D eigenvalue weighted by atomic mass is 9.56. The van der Waals surface area contributed by atoms with Gasteiger partial charge in [-0.05, 0) is 42.0 Å². The van der Waals surface area contributed by atoms with Crippen LogP contribution >= 0.6 is 50.7 Å². The summed E-state index contributed by atoms with van der Waals surface area (Å²) in [5, 5.41) is 10.1. The second kappa shape index (κ2) is 9.33. The number of fused-ring (bicyclic) bond motifs is 4. The van der Waals surface area contributed by atoms with Gasteiger partial charge in [-0.15, -0.1) is 23.2 Å². The van der Waals surface area contributed by atoms with Gasteiger partial charge in [-0.1, -0.05) is 75.6 Å². The van der Waals surface area contributed by atoms with E-state index in [1.54, 1.807) is 6.07 Å². The molecule has 1 N–H and O–H groups in total. The number of likely N-dealkylation sites (tertiary alicyclic amines) is 2. The fourth-order valence-electron chi connectivity index (χ4n) is 6.84. The van der Waals surface area contributed by atoms with Crippen LogP contribution < -0.4 is 0 Å². The van der Waals surface area contributed by atoms with Gasteiger partial charge in [0.15, 0.2) is 9.75 Å². The molecule has 0 spiro atoms. The molecule has 6 unspecified atom stereocenters. The molecule has 4 aliphatic rings. The number of hydrogen-bond donors (Lipinski definition) is 1. The number of aromatic hydroxyl groups is 1. The topological polar surface area (TPSA) is 95.0 Å². The van der Waals surface area contributed by atoms with Crippen molar-refractivity contribution >= 4 is 74.4 Å². The fraction of sp³-hybridized carbons (Fsp3) is 0.357. The average molecular weight is 653 g/mol. The van der Waals surface area contributed by atoms with Crippen LogP contribution in [0.3, 0.4) is 0 Å². The molecule has 2 aromatic rings. The van der Waals surface area contributed by atoms with E-state index in [4.69, 9.17) is 34.8 Å². The summed E-state index contributed by atoms with van der Waals surface area (Å²) < 4.78 is 0. The summed E-state index contributed by atoms with van der Waals surface area (Å²) in [4.78, 5) is 53.2. The molecule has 4 amide bonds. The van der Waals surface area contributed by atoms with E-state index in [1.165, 1.54) is 17.0 Å². The van der Waals surface area contributed by atoms with Gasteiger partial charge in [0.1, 0.15) is 5.75 Å². The molecule has 2 aliphatic carbocycles. The maximum absolute atomic E-state index is 13.9. The average Bonchev–Trinajstić information content (AvgIpc) is 3.23. The van der Waals surface area contributed by atoms with Crippen molar-refractivity contribution in [3.05, 3.63) is 76.3 Å². The highest BCUT2D eigenvalue weighted by atomic mass is 79.9. The lowest BCUT2D eigenvalue weighted by Crippen LogP contribution is -2.60. The Morgan fingerprint density at radius 2 is 1.67 bits per heavy atom. The molecule has 6 rings (SSSR count). The van der Waals surface area contributed by atoms with Crippen LogP contribution in [0.15, 0.2) is 60.2 Å². The number of imide groups is 2. The van der Waals surface area contributed by atoms with Crippen molar-refractivity contribution in [3.63, 3.8) is 0 Å². The number of hydrogen-bond acceptors (Lipinski definition) is 5. The largest absolute Gasteiger partial charge is 0.508 e. The molecule has 0 bridgehead atoms. The van der Waals surface area contributed by atoms with Gasteiger partial charge in [0.25, 0.3) is 11.8 Å². The van der Waals surface area contributed by atoms with Crippen LogP contribution in [0.25, 0.3) is 0 Å². The molecular weight excluding hydrogens is 631 g/mol. The number of phenols is 1. The maximum Gasteiger partial charge on any atom is 0.254 e. The summed E-state index contributed by atoms with van der Waals surface area (Å²) in [6.45, 7) is 0.140. The smallest absolute Gasteiger partial charge is 0.254 e. The lowest BCUT2D eigenvalue weighted by Gasteiger charge is -2.51. The molecule has 1 saturated carbocycles. The Kier molecular flexibility index (Phi) is 6.42. The first kappa shape index (κ1) is 26.8. The molecule has 7 nitrogen and oxygen atoms in total. The minimum Gasteiger partial charge on any atom is -0.508 e. The first-order chi connectivity index (χ1) is 18.5. The molecule has 2 saturated heterocycles. The van der Waals surface area contributed by atoms with Crippen LogP contribution in [0.2, 0.25) is 5.02 Å². The standard InChI is InChI=1S/C28H22BrCl3N2O5/c29-13-34-25(38)27(31)11-19-16(22(28(27,32)26(34)39)17-7-6-15(35)10-20(17)30)8-9-18-21(19)24(37)33(23(18)36)12-14-4-2-1-3-5-14/h1-8,10,18-19,21-22,35H,9,11-13H2. The summed E-state index contributed by atoms with van der Waals surface area (Å²) in [6, 6.07) is 13.5. The number of rotatable bonds is 4. The van der Waals surface area contributed by atoms with Crippen molar-refractivity contribution < 1.29 is 24.3 Å². The summed E-state index contributed by atoms with van der Waals surface area (Å²) >= 11 is 24.1. The molecular formula is C28H22BrCl3N2O5. The third kappa shape index (κ3) is 3.61. The van der Waals surface area contributed by atoms with Gasteiger partial charge in [-0.2, -0.15) is 0 Å². The van der Waals surface area contributed by atoms with Crippen molar-refractivity contribution in [2.24, 2.45) is 17.8 Å². The van der Waals surface area contributed by atoms with Crippen molar-refractivity contribution in [3.8, 4) is 5.75 Å². The third-order valence-corrected chi connectivity index (χ3v) is 10.8. The van der Waals surface area contributed by atoms with Crippen LogP contribution in [-0.4, -0.2) is 53.7 Å². The Labute approximate surface area is 247 Å². The number of alkyl halides is 3. The van der Waals surface area contributed by atoms with E-state index in [2.05, 4.69) is 15.9 Å². The zero-order chi connectivity index (χ0) is 27.9. The van der Waals surface area contributed by atoms with Gasteiger partial charge >= 0.3 is 0 Å². The highest BCUT2D eigenvalue weighted by molar-refractivity contribution is 9.09. The fourth-order valence-corrected chi connectivity index (χ4v) is 8.54. The predicted octanol–water partition coefficient (Wildman–Crippen LogP) is 4.96.